The summed E-state index contributed by atoms with van der Waals surface area (Å²) in [6.07, 6.45) is 6.85. The van der Waals surface area contributed by atoms with Crippen molar-refractivity contribution in [2.45, 2.75) is 63.7 Å². The maximum absolute atomic E-state index is 14.9. The van der Waals surface area contributed by atoms with Crippen molar-refractivity contribution in [1.82, 2.24) is 15.0 Å². The lowest BCUT2D eigenvalue weighted by Crippen LogP contribution is -2.33. The van der Waals surface area contributed by atoms with Crippen LogP contribution in [-0.4, -0.2) is 39.4 Å². The van der Waals surface area contributed by atoms with Gasteiger partial charge in [0.15, 0.2) is 5.65 Å². The van der Waals surface area contributed by atoms with Crippen molar-refractivity contribution < 1.29 is 9.13 Å². The largest absolute Gasteiger partial charge is 0.404 e. The summed E-state index contributed by atoms with van der Waals surface area (Å²) in [5, 5.41) is 1.04. The summed E-state index contributed by atoms with van der Waals surface area (Å²) in [5.41, 5.74) is 9.07. The van der Waals surface area contributed by atoms with Crippen LogP contribution in [0.2, 0.25) is 5.02 Å². The Balaban J connectivity index is 1.56. The minimum absolute atomic E-state index is 0.00107. The average Bonchev–Trinajstić information content (AvgIpc) is 3.63. The van der Waals surface area contributed by atoms with Crippen LogP contribution in [0.4, 0.5) is 4.39 Å². The first-order valence-electron chi connectivity index (χ1n) is 11.6. The fourth-order valence-electron chi connectivity index (χ4n) is 4.41. The first-order valence-corrected chi connectivity index (χ1v) is 12.0. The number of aliphatic imine (C=N–C) groups is 1. The fraction of sp³-hybridized carbons (Fsp3) is 0.385. The van der Waals surface area contributed by atoms with Gasteiger partial charge in [-0.25, -0.2) is 19.3 Å². The van der Waals surface area contributed by atoms with Gasteiger partial charge in [-0.3, -0.25) is 4.99 Å². The van der Waals surface area contributed by atoms with E-state index in [0.29, 0.717) is 45.6 Å². The minimum Gasteiger partial charge on any atom is -0.404 e. The fourth-order valence-corrected chi connectivity index (χ4v) is 4.57. The maximum Gasteiger partial charge on any atom is 0.163 e. The van der Waals surface area contributed by atoms with E-state index < -0.39 is 5.82 Å². The highest BCUT2D eigenvalue weighted by atomic mass is 35.5. The van der Waals surface area contributed by atoms with Crippen LogP contribution in [0.3, 0.4) is 0 Å². The average molecular weight is 480 g/mol. The number of pyridine rings is 1. The molecular weight excluding hydrogens is 453 g/mol. The molecule has 2 N–H and O–H groups in total. The first-order chi connectivity index (χ1) is 16.4. The van der Waals surface area contributed by atoms with Gasteiger partial charge in [0.1, 0.15) is 11.6 Å². The van der Waals surface area contributed by atoms with Gasteiger partial charge in [-0.05, 0) is 69.9 Å². The monoisotopic (exact) mass is 479 g/mol. The number of hydrogen-bond acceptors (Lipinski definition) is 6. The Bertz CT molecular complexity index is 1290. The zero-order valence-electron chi connectivity index (χ0n) is 19.2. The molecule has 0 unspecified atom stereocenters. The molecule has 1 aliphatic carbocycles. The number of aryl methyl sites for hydroxylation is 1. The van der Waals surface area contributed by atoms with Crippen molar-refractivity contribution in [3.05, 3.63) is 64.5 Å². The van der Waals surface area contributed by atoms with Gasteiger partial charge in [-0.15, -0.1) is 0 Å². The molecule has 8 heteroatoms. The second-order valence-corrected chi connectivity index (χ2v) is 9.59. The van der Waals surface area contributed by atoms with Crippen LogP contribution in [0.15, 0.2) is 47.1 Å². The SMILES string of the molecule is Cc1ccc2c(-c3ccc(Cl)cc3F)nc([C@H]3C[C@@H](/C(C=NC4CC4)=C/N)O[C@@H](C)C3)nc2n1. The normalized spacial score (nSPS) is 23.6. The van der Waals surface area contributed by atoms with Gasteiger partial charge >= 0.3 is 0 Å². The van der Waals surface area contributed by atoms with E-state index in [1.807, 2.05) is 32.2 Å². The molecule has 1 saturated heterocycles. The summed E-state index contributed by atoms with van der Waals surface area (Å²) in [4.78, 5) is 18.9. The summed E-state index contributed by atoms with van der Waals surface area (Å²) in [6.45, 7) is 3.95. The van der Waals surface area contributed by atoms with Gasteiger partial charge in [-0.1, -0.05) is 11.6 Å². The first kappa shape index (κ1) is 22.9. The summed E-state index contributed by atoms with van der Waals surface area (Å²) in [5.74, 6) is 0.200. The van der Waals surface area contributed by atoms with E-state index >= 15 is 0 Å². The predicted molar refractivity (Wildman–Crippen MR) is 133 cm³/mol. The Morgan fingerprint density at radius 3 is 2.74 bits per heavy atom. The molecule has 34 heavy (non-hydrogen) atoms. The molecule has 1 aromatic carbocycles. The molecule has 5 rings (SSSR count). The van der Waals surface area contributed by atoms with Gasteiger partial charge in [0.05, 0.1) is 23.9 Å². The number of benzene rings is 1. The molecule has 176 valence electrons. The summed E-state index contributed by atoms with van der Waals surface area (Å²) in [6, 6.07) is 8.80. The Kier molecular flexibility index (Phi) is 6.32. The second kappa shape index (κ2) is 9.39. The molecule has 0 radical (unpaired) electrons. The number of fused-ring (bicyclic) bond motifs is 1. The zero-order valence-corrected chi connectivity index (χ0v) is 20.0. The van der Waals surface area contributed by atoms with Crippen LogP contribution in [-0.2, 0) is 4.74 Å². The van der Waals surface area contributed by atoms with Crippen LogP contribution in [0.25, 0.3) is 22.3 Å². The van der Waals surface area contributed by atoms with Crippen LogP contribution < -0.4 is 5.73 Å². The van der Waals surface area contributed by atoms with Crippen molar-refractivity contribution >= 4 is 28.8 Å². The standard InChI is InChI=1S/C26H27ClFN5O/c1-14-3-7-21-24(20-8-4-18(27)11-22(20)28)32-25(33-26(21)31-14)16-9-15(2)34-23(10-16)17(12-29)13-30-19-5-6-19/h3-4,7-8,11-13,15-16,19,23H,5-6,9-10,29H2,1-2H3/b17-12+,30-13?/t15-,16+,23-/m0/s1. The third-order valence-corrected chi connectivity index (χ3v) is 6.56. The van der Waals surface area contributed by atoms with Gasteiger partial charge < -0.3 is 10.5 Å². The number of aromatic nitrogens is 3. The predicted octanol–water partition coefficient (Wildman–Crippen LogP) is 5.52. The highest BCUT2D eigenvalue weighted by Gasteiger charge is 2.33. The summed E-state index contributed by atoms with van der Waals surface area (Å²) >= 11 is 6.00. The molecule has 6 nitrogen and oxygen atoms in total. The molecule has 3 aromatic rings. The van der Waals surface area contributed by atoms with Crippen molar-refractivity contribution in [3.63, 3.8) is 0 Å². The van der Waals surface area contributed by atoms with E-state index in [0.717, 1.165) is 30.5 Å². The van der Waals surface area contributed by atoms with Gasteiger partial charge in [0.2, 0.25) is 0 Å². The van der Waals surface area contributed by atoms with Crippen molar-refractivity contribution in [2.75, 3.05) is 0 Å². The Labute approximate surface area is 203 Å². The second-order valence-electron chi connectivity index (χ2n) is 9.16. The number of ether oxygens (including phenoxy) is 1. The van der Waals surface area contributed by atoms with Crippen LogP contribution in [0.1, 0.15) is 50.0 Å². The molecule has 0 amide bonds. The third kappa shape index (κ3) is 4.81. The quantitative estimate of drug-likeness (QED) is 0.487. The maximum atomic E-state index is 14.9. The molecule has 1 saturated carbocycles. The number of nitrogens with two attached hydrogens (primary N) is 1. The minimum atomic E-state index is -0.429. The molecule has 2 aliphatic rings. The highest BCUT2D eigenvalue weighted by molar-refractivity contribution is 6.30. The lowest BCUT2D eigenvalue weighted by atomic mass is 9.88. The zero-order chi connectivity index (χ0) is 23.8. The van der Waals surface area contributed by atoms with Crippen LogP contribution in [0.5, 0.6) is 0 Å². The van der Waals surface area contributed by atoms with Gasteiger partial charge in [-0.2, -0.15) is 0 Å². The number of halogens is 2. The number of nitrogens with zero attached hydrogens (tertiary/aromatic N) is 4. The van der Waals surface area contributed by atoms with E-state index in [9.17, 15) is 4.39 Å². The lowest BCUT2D eigenvalue weighted by Gasteiger charge is -2.33. The summed E-state index contributed by atoms with van der Waals surface area (Å²) < 4.78 is 21.1. The summed E-state index contributed by atoms with van der Waals surface area (Å²) in [7, 11) is 0. The van der Waals surface area contributed by atoms with Crippen molar-refractivity contribution in [3.8, 4) is 11.3 Å². The Morgan fingerprint density at radius 2 is 2.00 bits per heavy atom. The molecule has 3 heterocycles. The third-order valence-electron chi connectivity index (χ3n) is 6.32. The molecule has 2 fully saturated rings. The lowest BCUT2D eigenvalue weighted by molar-refractivity contribution is -0.0272. The Hall–Kier alpha value is -2.90. The van der Waals surface area contributed by atoms with E-state index in [1.165, 1.54) is 6.07 Å². The molecular formula is C26H27ClFN5O. The Morgan fingerprint density at radius 1 is 1.18 bits per heavy atom. The van der Waals surface area contributed by atoms with Gasteiger partial charge in [0.25, 0.3) is 0 Å². The number of rotatable bonds is 5. The smallest absolute Gasteiger partial charge is 0.163 e. The van der Waals surface area contributed by atoms with Crippen LogP contribution in [0, 0.1) is 12.7 Å². The number of hydrogen-bond donors (Lipinski definition) is 1. The molecule has 1 aliphatic heterocycles. The van der Waals surface area contributed by atoms with Gasteiger partial charge in [0, 0.05) is 45.6 Å². The van der Waals surface area contributed by atoms with E-state index in [2.05, 4.69) is 9.98 Å². The molecule has 2 aromatic heterocycles. The van der Waals surface area contributed by atoms with E-state index in [4.69, 9.17) is 32.0 Å². The molecule has 0 bridgehead atoms. The molecule has 0 spiro atoms. The van der Waals surface area contributed by atoms with Crippen LogP contribution >= 0.6 is 11.6 Å². The molecule has 3 atom stereocenters. The van der Waals surface area contributed by atoms with E-state index in [1.54, 1.807) is 18.3 Å². The van der Waals surface area contributed by atoms with Crippen molar-refractivity contribution in [2.24, 2.45) is 10.7 Å². The van der Waals surface area contributed by atoms with Crippen molar-refractivity contribution in [1.29, 1.82) is 0 Å². The topological polar surface area (TPSA) is 86.3 Å². The highest BCUT2D eigenvalue weighted by Crippen LogP contribution is 2.37. The van der Waals surface area contributed by atoms with E-state index in [-0.39, 0.29) is 18.1 Å².